The lowest BCUT2D eigenvalue weighted by Crippen LogP contribution is -2.55. The van der Waals surface area contributed by atoms with Gasteiger partial charge in [0.05, 0.1) is 23.8 Å². The van der Waals surface area contributed by atoms with Crippen molar-refractivity contribution < 1.29 is 38.3 Å². The number of hydrogen-bond donors (Lipinski definition) is 3. The second-order valence-electron chi connectivity index (χ2n) is 13.3. The molecule has 5 rings (SSSR count). The summed E-state index contributed by atoms with van der Waals surface area (Å²) >= 11 is 0. The van der Waals surface area contributed by atoms with Crippen LogP contribution in [-0.2, 0) is 25.7 Å². The van der Waals surface area contributed by atoms with E-state index in [2.05, 4.69) is 4.99 Å². The number of carbonyl (C=O) groups is 5. The van der Waals surface area contributed by atoms with E-state index in [9.17, 15) is 29.1 Å². The monoisotopic (exact) mass is 683 g/mol. The summed E-state index contributed by atoms with van der Waals surface area (Å²) in [5.74, 6) is -3.28. The predicted molar refractivity (Wildman–Crippen MR) is 186 cm³/mol. The number of carbonyl (C=O) groups excluding carboxylic acids is 4. The van der Waals surface area contributed by atoms with Gasteiger partial charge >= 0.3 is 11.9 Å². The third kappa shape index (κ3) is 7.71. The lowest BCUT2D eigenvalue weighted by atomic mass is 10.0. The zero-order valence-corrected chi connectivity index (χ0v) is 28.4. The van der Waals surface area contributed by atoms with Crippen molar-refractivity contribution in [3.05, 3.63) is 95.3 Å². The Bertz CT molecular complexity index is 1800. The van der Waals surface area contributed by atoms with E-state index < -0.39 is 46.3 Å². The number of amides is 4. The van der Waals surface area contributed by atoms with E-state index in [4.69, 9.17) is 16.2 Å². The second kappa shape index (κ2) is 15.2. The number of aliphatic carboxylic acids is 1. The summed E-state index contributed by atoms with van der Waals surface area (Å²) in [4.78, 5) is 72.4. The number of nitrogens with zero attached hydrogens (tertiary/aromatic N) is 4. The van der Waals surface area contributed by atoms with Gasteiger partial charge in [-0.2, -0.15) is 4.48 Å². The Balaban J connectivity index is 1.32. The Morgan fingerprint density at radius 3 is 2.12 bits per heavy atom. The maximum absolute atomic E-state index is 13.7. The standard InChI is InChI=1S/C37H42N6O7/c1-23(2)15-30(38)36(47)43(22-50-20-24-9-5-4-6-10-24)19-27(40-21-43)18-32(33(39)44)41(3)31(37(48)49)13-14-42-34(45)28-16-25-11-7-8-12-26(25)17-29(28)35(42)46/h4-12,16-17,19,21,23,30-32H,13-15,18,20,22,38H2,1-3H3,(H2-,39,44,48,49)/p+1/t30-,31+,32-,43?/m0/s1. The van der Waals surface area contributed by atoms with Gasteiger partial charge in [-0.25, -0.2) is 9.79 Å². The number of imide groups is 1. The van der Waals surface area contributed by atoms with Crippen molar-refractivity contribution in [1.29, 1.82) is 0 Å². The summed E-state index contributed by atoms with van der Waals surface area (Å²) < 4.78 is 5.52. The number of rotatable bonds is 16. The third-order valence-corrected chi connectivity index (χ3v) is 9.14. The molecule has 0 bridgehead atoms. The van der Waals surface area contributed by atoms with Gasteiger partial charge in [0.2, 0.25) is 12.2 Å². The summed E-state index contributed by atoms with van der Waals surface area (Å²) in [5.41, 5.74) is 13.9. The van der Waals surface area contributed by atoms with E-state index in [-0.39, 0.29) is 55.7 Å². The molecule has 0 radical (unpaired) electrons. The maximum atomic E-state index is 13.7. The average molecular weight is 684 g/mol. The van der Waals surface area contributed by atoms with Gasteiger partial charge in [0.25, 0.3) is 11.8 Å². The number of carboxylic acids is 1. The Labute approximate surface area is 290 Å². The van der Waals surface area contributed by atoms with Gasteiger partial charge in [-0.3, -0.25) is 29.0 Å². The molecule has 262 valence electrons. The number of primary amides is 1. The number of benzene rings is 3. The third-order valence-electron chi connectivity index (χ3n) is 9.14. The number of fused-ring (bicyclic) bond motifs is 2. The summed E-state index contributed by atoms with van der Waals surface area (Å²) in [6.45, 7) is 3.87. The highest BCUT2D eigenvalue weighted by Crippen LogP contribution is 2.29. The first-order valence-electron chi connectivity index (χ1n) is 16.5. The highest BCUT2D eigenvalue weighted by atomic mass is 16.5. The molecule has 0 fully saturated rings. The van der Waals surface area contributed by atoms with E-state index in [1.54, 1.807) is 18.3 Å². The topological polar surface area (TPSA) is 186 Å². The molecule has 2 heterocycles. The minimum absolute atomic E-state index is 0.100. The van der Waals surface area contributed by atoms with Crippen molar-refractivity contribution in [2.24, 2.45) is 22.4 Å². The molecule has 3 aromatic carbocycles. The number of nitrogens with two attached hydrogens (primary N) is 2. The van der Waals surface area contributed by atoms with E-state index in [0.717, 1.165) is 21.2 Å². The molecule has 0 saturated heterocycles. The van der Waals surface area contributed by atoms with Gasteiger partial charge in [-0.15, -0.1) is 0 Å². The van der Waals surface area contributed by atoms with Crippen molar-refractivity contribution in [2.75, 3.05) is 20.3 Å². The Morgan fingerprint density at radius 1 is 0.960 bits per heavy atom. The average Bonchev–Trinajstić information content (AvgIpc) is 3.60. The summed E-state index contributed by atoms with van der Waals surface area (Å²) in [6.07, 6.45) is 3.14. The molecule has 13 heteroatoms. The number of quaternary nitrogens is 1. The number of carboxylic acid groups (broad SMARTS) is 1. The Kier molecular flexibility index (Phi) is 11.0. The molecule has 2 aliphatic heterocycles. The van der Waals surface area contributed by atoms with Gasteiger partial charge < -0.3 is 21.3 Å². The van der Waals surface area contributed by atoms with E-state index in [1.807, 2.05) is 68.4 Å². The summed E-state index contributed by atoms with van der Waals surface area (Å²) in [7, 11) is 1.44. The minimum Gasteiger partial charge on any atom is -0.480 e. The molecule has 5 N–H and O–H groups in total. The van der Waals surface area contributed by atoms with Crippen LogP contribution in [0.2, 0.25) is 0 Å². The van der Waals surface area contributed by atoms with Crippen molar-refractivity contribution in [3.63, 3.8) is 0 Å². The van der Waals surface area contributed by atoms with Crippen LogP contribution in [-0.4, -0.2) is 93.8 Å². The first kappa shape index (κ1) is 36.2. The van der Waals surface area contributed by atoms with Gasteiger partial charge in [0.1, 0.15) is 24.0 Å². The molecule has 1 unspecified atom stereocenters. The van der Waals surface area contributed by atoms with E-state index in [1.165, 1.54) is 18.3 Å². The fourth-order valence-electron chi connectivity index (χ4n) is 6.47. The van der Waals surface area contributed by atoms with Crippen LogP contribution in [0, 0.1) is 5.92 Å². The fraction of sp³-hybridized carbons (Fsp3) is 0.351. The van der Waals surface area contributed by atoms with Crippen molar-refractivity contribution in [1.82, 2.24) is 9.80 Å². The van der Waals surface area contributed by atoms with Crippen molar-refractivity contribution in [3.8, 4) is 0 Å². The molecular formula is C37H43N6O7+. The first-order chi connectivity index (χ1) is 23.8. The molecule has 0 aromatic heterocycles. The molecule has 4 amide bonds. The largest absolute Gasteiger partial charge is 0.480 e. The lowest BCUT2D eigenvalue weighted by molar-refractivity contribution is -0.728. The van der Waals surface area contributed by atoms with Crippen LogP contribution in [0.25, 0.3) is 10.8 Å². The highest BCUT2D eigenvalue weighted by molar-refractivity contribution is 6.23. The Morgan fingerprint density at radius 2 is 1.56 bits per heavy atom. The summed E-state index contributed by atoms with van der Waals surface area (Å²) in [6, 6.07) is 16.9. The molecule has 0 aliphatic carbocycles. The van der Waals surface area contributed by atoms with Crippen LogP contribution in [0.1, 0.15) is 59.4 Å². The molecular weight excluding hydrogens is 640 g/mol. The molecule has 2 aliphatic rings. The number of ether oxygens (including phenoxy) is 1. The molecule has 13 nitrogen and oxygen atoms in total. The Hall–Kier alpha value is -5.08. The van der Waals surface area contributed by atoms with Gasteiger partial charge in [-0.1, -0.05) is 68.4 Å². The van der Waals surface area contributed by atoms with Crippen LogP contribution >= 0.6 is 0 Å². The molecule has 50 heavy (non-hydrogen) atoms. The summed E-state index contributed by atoms with van der Waals surface area (Å²) in [5, 5.41) is 11.8. The molecule has 0 saturated carbocycles. The van der Waals surface area contributed by atoms with Gasteiger partial charge in [0.15, 0.2) is 6.73 Å². The zero-order chi connectivity index (χ0) is 36.2. The molecule has 0 spiro atoms. The van der Waals surface area contributed by atoms with Crippen LogP contribution < -0.4 is 11.5 Å². The van der Waals surface area contributed by atoms with Gasteiger partial charge in [0, 0.05) is 13.0 Å². The van der Waals surface area contributed by atoms with Crippen LogP contribution in [0.3, 0.4) is 0 Å². The highest BCUT2D eigenvalue weighted by Gasteiger charge is 2.44. The van der Waals surface area contributed by atoms with E-state index in [0.29, 0.717) is 12.1 Å². The van der Waals surface area contributed by atoms with Crippen LogP contribution in [0.15, 0.2) is 83.6 Å². The smallest absolute Gasteiger partial charge is 0.342 e. The quantitative estimate of drug-likeness (QED) is 0.151. The molecule has 4 atom stereocenters. The van der Waals surface area contributed by atoms with Gasteiger partial charge in [-0.05, 0) is 54.3 Å². The maximum Gasteiger partial charge on any atom is 0.342 e. The van der Waals surface area contributed by atoms with Crippen molar-refractivity contribution >= 4 is 46.7 Å². The SMILES string of the molecule is CC(C)C[C@H](N)C(=O)[N+]1(COCc2ccccc2)C=NC(C[C@@H](C(N)=O)N(C)[C@H](CCN2C(=O)c3cc4ccccc4cc3C2=O)C(=O)O)=C1. The normalized spacial score (nSPS) is 18.8. The predicted octanol–water partition coefficient (Wildman–Crippen LogP) is 3.23. The lowest BCUT2D eigenvalue weighted by Gasteiger charge is -2.31. The number of hydrogen-bond acceptors (Lipinski definition) is 9. The van der Waals surface area contributed by atoms with Crippen LogP contribution in [0.4, 0.5) is 0 Å². The zero-order valence-electron chi connectivity index (χ0n) is 28.4. The number of aliphatic imine (C=N–C) groups is 1. The second-order valence-corrected chi connectivity index (χ2v) is 13.3. The van der Waals surface area contributed by atoms with E-state index >= 15 is 0 Å². The van der Waals surface area contributed by atoms with Crippen molar-refractivity contribution in [2.45, 2.75) is 57.8 Å². The fourth-order valence-corrected chi connectivity index (χ4v) is 6.47. The number of likely N-dealkylation sites (N-methyl/N-ethyl adjacent to an activating group) is 1. The van der Waals surface area contributed by atoms with Crippen LogP contribution in [0.5, 0.6) is 0 Å². The first-order valence-corrected chi connectivity index (χ1v) is 16.5. The molecule has 3 aromatic rings. The minimum atomic E-state index is -1.29.